The molecule has 2 aromatic rings. The van der Waals surface area contributed by atoms with Crippen LogP contribution in [0.1, 0.15) is 36.5 Å². The lowest BCUT2D eigenvalue weighted by atomic mass is 10.0. The number of ether oxygens (including phenoxy) is 1. The lowest BCUT2D eigenvalue weighted by molar-refractivity contribution is -0.153. The van der Waals surface area contributed by atoms with Gasteiger partial charge in [-0.2, -0.15) is 13.2 Å². The van der Waals surface area contributed by atoms with Crippen molar-refractivity contribution in [2.75, 3.05) is 6.61 Å². The molecule has 1 unspecified atom stereocenters. The minimum Gasteiger partial charge on any atom is -0.484 e. The first kappa shape index (κ1) is 21.9. The van der Waals surface area contributed by atoms with E-state index in [1.807, 2.05) is 0 Å². The summed E-state index contributed by atoms with van der Waals surface area (Å²) in [5.41, 5.74) is -1.06. The molecule has 1 fully saturated rings. The highest BCUT2D eigenvalue weighted by Crippen LogP contribution is 2.47. The van der Waals surface area contributed by atoms with Crippen LogP contribution in [0.15, 0.2) is 36.4 Å². The average molecular weight is 433 g/mol. The van der Waals surface area contributed by atoms with Crippen molar-refractivity contribution in [2.45, 2.75) is 37.1 Å². The van der Waals surface area contributed by atoms with Gasteiger partial charge < -0.3 is 15.2 Å². The van der Waals surface area contributed by atoms with Gasteiger partial charge in [0.25, 0.3) is 0 Å². The second-order valence-electron chi connectivity index (χ2n) is 7.10. The van der Waals surface area contributed by atoms with E-state index in [0.29, 0.717) is 18.9 Å². The zero-order valence-corrected chi connectivity index (χ0v) is 15.4. The zero-order valence-electron chi connectivity index (χ0n) is 15.4. The van der Waals surface area contributed by atoms with E-state index < -0.39 is 54.2 Å². The van der Waals surface area contributed by atoms with Crippen molar-refractivity contribution >= 4 is 5.91 Å². The molecule has 0 spiro atoms. The highest BCUT2D eigenvalue weighted by molar-refractivity contribution is 5.78. The zero-order chi connectivity index (χ0) is 22.1. The van der Waals surface area contributed by atoms with Crippen LogP contribution < -0.4 is 10.1 Å². The normalized spacial score (nSPS) is 16.1. The molecule has 0 heterocycles. The summed E-state index contributed by atoms with van der Waals surface area (Å²) in [6.45, 7) is -1.59. The molecule has 0 aliphatic heterocycles. The Kier molecular flexibility index (Phi) is 5.98. The molecule has 2 aromatic carbocycles. The van der Waals surface area contributed by atoms with Gasteiger partial charge in [0.05, 0.1) is 18.1 Å². The highest BCUT2D eigenvalue weighted by Gasteiger charge is 2.46. The first-order valence-electron chi connectivity index (χ1n) is 8.92. The molecule has 1 atom stereocenters. The summed E-state index contributed by atoms with van der Waals surface area (Å²) in [6.07, 6.45) is -5.90. The molecule has 0 aromatic heterocycles. The van der Waals surface area contributed by atoms with Crippen molar-refractivity contribution in [3.05, 3.63) is 65.0 Å². The fourth-order valence-corrected chi connectivity index (χ4v) is 3.07. The van der Waals surface area contributed by atoms with Crippen LogP contribution in [0.5, 0.6) is 5.75 Å². The van der Waals surface area contributed by atoms with Crippen molar-refractivity contribution < 1.29 is 41.0 Å². The Labute approximate surface area is 167 Å². The van der Waals surface area contributed by atoms with E-state index in [9.17, 15) is 36.2 Å². The molecule has 3 rings (SSSR count). The number of rotatable bonds is 7. The summed E-state index contributed by atoms with van der Waals surface area (Å²) in [6, 6.07) is 5.62. The molecule has 0 saturated heterocycles. The molecule has 10 heteroatoms. The summed E-state index contributed by atoms with van der Waals surface area (Å²) in [7, 11) is 0. The fraction of sp³-hybridized carbons (Fsp3) is 0.350. The maximum Gasteiger partial charge on any atom is 0.422 e. The first-order chi connectivity index (χ1) is 14.0. The summed E-state index contributed by atoms with van der Waals surface area (Å²) in [4.78, 5) is 12.3. The minimum absolute atomic E-state index is 0.218. The van der Waals surface area contributed by atoms with E-state index in [1.54, 1.807) is 0 Å². The van der Waals surface area contributed by atoms with Crippen LogP contribution in [0.25, 0.3) is 0 Å². The number of aliphatic hydroxyl groups excluding tert-OH is 1. The quantitative estimate of drug-likeness (QED) is 0.642. The van der Waals surface area contributed by atoms with Crippen molar-refractivity contribution in [2.24, 2.45) is 0 Å². The van der Waals surface area contributed by atoms with Gasteiger partial charge >= 0.3 is 6.18 Å². The first-order valence-corrected chi connectivity index (χ1v) is 8.92. The van der Waals surface area contributed by atoms with Crippen LogP contribution in [0, 0.1) is 17.5 Å². The Bertz CT molecular complexity index is 943. The van der Waals surface area contributed by atoms with Gasteiger partial charge in [-0.05, 0) is 36.6 Å². The Morgan fingerprint density at radius 1 is 1.10 bits per heavy atom. The molecule has 30 heavy (non-hydrogen) atoms. The van der Waals surface area contributed by atoms with Gasteiger partial charge in [0.2, 0.25) is 5.91 Å². The lowest BCUT2D eigenvalue weighted by Gasteiger charge is -2.21. The van der Waals surface area contributed by atoms with Gasteiger partial charge in [-0.3, -0.25) is 4.79 Å². The summed E-state index contributed by atoms with van der Waals surface area (Å²) in [5, 5.41) is 12.7. The van der Waals surface area contributed by atoms with Crippen LogP contribution in [0.3, 0.4) is 0 Å². The number of amides is 1. The predicted octanol–water partition coefficient (Wildman–Crippen LogP) is 4.27. The standard InChI is InChI=1S/C20H17F6NO3/c21-12-1-2-15(16(23)8-12)17(28)9-18(29)27-19(3-4-19)11-5-13(22)7-14(6-11)30-10-20(24,25)26/h1-2,5-8,17,28H,3-4,9-10H2,(H,27,29). The van der Waals surface area contributed by atoms with Gasteiger partial charge in [-0.1, -0.05) is 6.07 Å². The number of halogens is 6. The number of benzene rings is 2. The van der Waals surface area contributed by atoms with Gasteiger partial charge in [-0.25, -0.2) is 13.2 Å². The van der Waals surface area contributed by atoms with E-state index in [1.165, 1.54) is 6.07 Å². The number of alkyl halides is 3. The van der Waals surface area contributed by atoms with Crippen molar-refractivity contribution in [3.63, 3.8) is 0 Å². The topological polar surface area (TPSA) is 58.6 Å². The van der Waals surface area contributed by atoms with E-state index in [-0.39, 0.29) is 16.9 Å². The van der Waals surface area contributed by atoms with E-state index in [0.717, 1.165) is 24.3 Å². The Hall–Kier alpha value is -2.75. The van der Waals surface area contributed by atoms with Crippen LogP contribution >= 0.6 is 0 Å². The summed E-state index contributed by atoms with van der Waals surface area (Å²) >= 11 is 0. The molecular weight excluding hydrogens is 416 g/mol. The molecule has 0 bridgehead atoms. The Morgan fingerprint density at radius 2 is 1.80 bits per heavy atom. The number of nitrogens with one attached hydrogen (secondary N) is 1. The van der Waals surface area contributed by atoms with Crippen LogP contribution in [0.4, 0.5) is 26.3 Å². The lowest BCUT2D eigenvalue weighted by Crippen LogP contribution is -2.35. The third-order valence-corrected chi connectivity index (χ3v) is 4.66. The number of hydrogen-bond acceptors (Lipinski definition) is 3. The Morgan fingerprint density at radius 3 is 2.40 bits per heavy atom. The number of hydrogen-bond donors (Lipinski definition) is 2. The minimum atomic E-state index is -4.59. The Balaban J connectivity index is 1.69. The molecule has 162 valence electrons. The number of carbonyl (C=O) groups excluding carboxylic acids is 1. The third-order valence-electron chi connectivity index (χ3n) is 4.66. The highest BCUT2D eigenvalue weighted by atomic mass is 19.4. The second kappa shape index (κ2) is 8.17. The van der Waals surface area contributed by atoms with Crippen molar-refractivity contribution in [1.82, 2.24) is 5.32 Å². The summed E-state index contributed by atoms with van der Waals surface area (Å²) in [5.74, 6) is -3.70. The van der Waals surface area contributed by atoms with Gasteiger partial charge in [0.1, 0.15) is 23.2 Å². The monoisotopic (exact) mass is 433 g/mol. The van der Waals surface area contributed by atoms with Gasteiger partial charge in [0.15, 0.2) is 6.61 Å². The maximum absolute atomic E-state index is 13.9. The number of carbonyl (C=O) groups is 1. The molecule has 4 nitrogen and oxygen atoms in total. The predicted molar refractivity (Wildman–Crippen MR) is 92.9 cm³/mol. The van der Waals surface area contributed by atoms with E-state index >= 15 is 0 Å². The van der Waals surface area contributed by atoms with Crippen molar-refractivity contribution in [1.29, 1.82) is 0 Å². The molecule has 0 radical (unpaired) electrons. The fourth-order valence-electron chi connectivity index (χ4n) is 3.07. The maximum atomic E-state index is 13.9. The van der Waals surface area contributed by atoms with Crippen LogP contribution in [0.2, 0.25) is 0 Å². The average Bonchev–Trinajstić information content (AvgIpc) is 3.39. The van der Waals surface area contributed by atoms with Crippen LogP contribution in [-0.2, 0) is 10.3 Å². The van der Waals surface area contributed by atoms with E-state index in [4.69, 9.17) is 0 Å². The molecule has 1 aliphatic rings. The number of aliphatic hydroxyl groups is 1. The van der Waals surface area contributed by atoms with Gasteiger partial charge in [-0.15, -0.1) is 0 Å². The SMILES string of the molecule is O=C(CC(O)c1ccc(F)cc1F)NC1(c2cc(F)cc(OCC(F)(F)F)c2)CC1. The van der Waals surface area contributed by atoms with E-state index in [2.05, 4.69) is 10.1 Å². The van der Waals surface area contributed by atoms with Crippen molar-refractivity contribution in [3.8, 4) is 5.75 Å². The molecule has 2 N–H and O–H groups in total. The largest absolute Gasteiger partial charge is 0.484 e. The molecule has 1 saturated carbocycles. The summed E-state index contributed by atoms with van der Waals surface area (Å²) < 4.78 is 82.1. The third kappa shape index (κ3) is 5.44. The van der Waals surface area contributed by atoms with Gasteiger partial charge in [0, 0.05) is 17.7 Å². The molecule has 1 aliphatic carbocycles. The molecular formula is C20H17F6NO3. The second-order valence-corrected chi connectivity index (χ2v) is 7.10. The van der Waals surface area contributed by atoms with Crippen LogP contribution in [-0.4, -0.2) is 23.8 Å². The molecule has 1 amide bonds. The smallest absolute Gasteiger partial charge is 0.422 e.